The van der Waals surface area contributed by atoms with Gasteiger partial charge in [-0.1, -0.05) is 6.92 Å². The quantitative estimate of drug-likeness (QED) is 0.886. The lowest BCUT2D eigenvalue weighted by Gasteiger charge is -2.47. The average Bonchev–Trinajstić information content (AvgIpc) is 3.37. The van der Waals surface area contributed by atoms with Crippen LogP contribution in [0.3, 0.4) is 0 Å². The molecule has 2 N–H and O–H groups in total. The van der Waals surface area contributed by atoms with E-state index in [1.54, 1.807) is 15.5 Å². The highest BCUT2D eigenvalue weighted by Gasteiger charge is 2.40. The summed E-state index contributed by atoms with van der Waals surface area (Å²) in [5, 5.41) is 19.5. The Morgan fingerprint density at radius 3 is 2.60 bits per heavy atom. The van der Waals surface area contributed by atoms with Gasteiger partial charge in [0.1, 0.15) is 11.4 Å². The van der Waals surface area contributed by atoms with Crippen molar-refractivity contribution in [3.63, 3.8) is 0 Å². The maximum absolute atomic E-state index is 14.6. The maximum atomic E-state index is 14.6. The molecule has 4 rings (SSSR count). The summed E-state index contributed by atoms with van der Waals surface area (Å²) in [6.07, 6.45) is 3.77. The number of β-amino-alcohol motifs (C(OH)–C–C–N with tert-alkyl or cyclic N) is 1. The monoisotopic (exact) mass is 346 g/mol. The summed E-state index contributed by atoms with van der Waals surface area (Å²) in [6, 6.07) is 2.87. The number of carbonyl (C=O) groups is 1. The first-order chi connectivity index (χ1) is 11.8. The van der Waals surface area contributed by atoms with E-state index >= 15 is 0 Å². The Balaban J connectivity index is 1.88. The third kappa shape index (κ3) is 2.50. The molecule has 2 heterocycles. The topological polar surface area (TPSA) is 82.8 Å². The first-order valence-corrected chi connectivity index (χ1v) is 8.42. The molecule has 0 atom stereocenters. The molecule has 1 aromatic carbocycles. The van der Waals surface area contributed by atoms with Crippen molar-refractivity contribution >= 4 is 22.6 Å². The summed E-state index contributed by atoms with van der Waals surface area (Å²) in [7, 11) is 0. The molecule has 1 aliphatic heterocycles. The fraction of sp³-hybridized carbons (Fsp3) is 0.444. The average molecular weight is 346 g/mol. The number of nitrogens with zero attached hydrogens (tertiary/aromatic N) is 2. The van der Waals surface area contributed by atoms with Crippen LogP contribution in [0.5, 0.6) is 0 Å². The zero-order chi connectivity index (χ0) is 17.9. The van der Waals surface area contributed by atoms with Crippen LogP contribution in [0.1, 0.15) is 42.6 Å². The summed E-state index contributed by atoms with van der Waals surface area (Å²) in [6.45, 7) is 2.56. The van der Waals surface area contributed by atoms with Gasteiger partial charge < -0.3 is 19.7 Å². The van der Waals surface area contributed by atoms with Gasteiger partial charge in [0.15, 0.2) is 0 Å². The second-order valence-electron chi connectivity index (χ2n) is 7.07. The second-order valence-corrected chi connectivity index (χ2v) is 7.07. The number of hydrogen-bond donors (Lipinski definition) is 2. The number of benzene rings is 1. The number of carboxylic acid groups (broad SMARTS) is 1. The van der Waals surface area contributed by atoms with Gasteiger partial charge in [-0.05, 0) is 31.4 Å². The van der Waals surface area contributed by atoms with Crippen LogP contribution in [-0.2, 0) is 0 Å². The molecule has 6 nitrogen and oxygen atoms in total. The Kier molecular flexibility index (Phi) is 3.40. The molecule has 1 saturated carbocycles. The van der Waals surface area contributed by atoms with E-state index in [4.69, 9.17) is 0 Å². The molecule has 2 fully saturated rings. The number of rotatable bonds is 4. The van der Waals surface area contributed by atoms with E-state index in [9.17, 15) is 24.2 Å². The molecule has 0 spiro atoms. The van der Waals surface area contributed by atoms with Crippen LogP contribution in [0, 0.1) is 5.82 Å². The molecule has 1 aliphatic carbocycles. The normalized spacial score (nSPS) is 19.1. The van der Waals surface area contributed by atoms with E-state index < -0.39 is 22.8 Å². The summed E-state index contributed by atoms with van der Waals surface area (Å²) in [5.41, 5.74) is -0.928. The van der Waals surface area contributed by atoms with E-state index in [1.165, 1.54) is 6.20 Å². The lowest BCUT2D eigenvalue weighted by atomic mass is 9.90. The van der Waals surface area contributed by atoms with Gasteiger partial charge in [-0.2, -0.15) is 0 Å². The van der Waals surface area contributed by atoms with Gasteiger partial charge in [0.05, 0.1) is 16.8 Å². The van der Waals surface area contributed by atoms with Gasteiger partial charge in [-0.3, -0.25) is 4.79 Å². The zero-order valence-electron chi connectivity index (χ0n) is 13.8. The SMILES string of the molecule is CCC1(O)CN(c2cc3c(cc2F)c(=O)c(C(=O)O)cn3C2CC2)C1. The second kappa shape index (κ2) is 5.29. The summed E-state index contributed by atoms with van der Waals surface area (Å²) in [4.78, 5) is 25.5. The van der Waals surface area contributed by atoms with E-state index in [0.717, 1.165) is 18.9 Å². The Bertz CT molecular complexity index is 942. The highest BCUT2D eigenvalue weighted by molar-refractivity contribution is 5.93. The molecule has 2 aliphatic rings. The lowest BCUT2D eigenvalue weighted by molar-refractivity contribution is 0.00819. The van der Waals surface area contributed by atoms with Crippen LogP contribution in [0.15, 0.2) is 23.1 Å². The molecule has 2 aromatic rings. The molecular weight excluding hydrogens is 327 g/mol. The molecule has 1 saturated heterocycles. The summed E-state index contributed by atoms with van der Waals surface area (Å²) < 4.78 is 16.4. The smallest absolute Gasteiger partial charge is 0.341 e. The number of pyridine rings is 1. The van der Waals surface area contributed by atoms with Crippen molar-refractivity contribution in [1.82, 2.24) is 4.57 Å². The molecule has 0 amide bonds. The molecule has 0 bridgehead atoms. The van der Waals surface area contributed by atoms with Crippen molar-refractivity contribution in [2.45, 2.75) is 37.8 Å². The number of aliphatic hydroxyl groups is 1. The van der Waals surface area contributed by atoms with E-state index in [2.05, 4.69) is 0 Å². The Hall–Kier alpha value is -2.41. The third-order valence-corrected chi connectivity index (χ3v) is 5.24. The highest BCUT2D eigenvalue weighted by Crippen LogP contribution is 2.39. The van der Waals surface area contributed by atoms with Gasteiger partial charge in [0, 0.05) is 30.7 Å². The van der Waals surface area contributed by atoms with Crippen molar-refractivity contribution in [2.75, 3.05) is 18.0 Å². The number of aromatic carboxylic acids is 1. The fourth-order valence-electron chi connectivity index (χ4n) is 3.47. The number of halogens is 1. The molecule has 25 heavy (non-hydrogen) atoms. The van der Waals surface area contributed by atoms with Crippen molar-refractivity contribution in [3.05, 3.63) is 39.9 Å². The first-order valence-electron chi connectivity index (χ1n) is 8.42. The summed E-state index contributed by atoms with van der Waals surface area (Å²) in [5.74, 6) is -1.88. The van der Waals surface area contributed by atoms with Gasteiger partial charge in [-0.15, -0.1) is 0 Å². The van der Waals surface area contributed by atoms with Crippen molar-refractivity contribution in [2.24, 2.45) is 0 Å². The first kappa shape index (κ1) is 16.1. The maximum Gasteiger partial charge on any atom is 0.341 e. The lowest BCUT2D eigenvalue weighted by Crippen LogP contribution is -2.61. The predicted molar refractivity (Wildman–Crippen MR) is 90.9 cm³/mol. The van der Waals surface area contributed by atoms with Crippen LogP contribution >= 0.6 is 0 Å². The Labute approximate surface area is 143 Å². The third-order valence-electron chi connectivity index (χ3n) is 5.24. The predicted octanol–water partition coefficient (Wildman–Crippen LogP) is 2.13. The van der Waals surface area contributed by atoms with Crippen LogP contribution < -0.4 is 10.3 Å². The Morgan fingerprint density at radius 2 is 2.04 bits per heavy atom. The number of carboxylic acids is 1. The van der Waals surface area contributed by atoms with Crippen molar-refractivity contribution < 1.29 is 19.4 Å². The molecular formula is C18H19FN2O4. The van der Waals surface area contributed by atoms with Gasteiger partial charge in [-0.25, -0.2) is 9.18 Å². The minimum absolute atomic E-state index is 0.0827. The van der Waals surface area contributed by atoms with Crippen molar-refractivity contribution in [1.29, 1.82) is 0 Å². The molecule has 0 radical (unpaired) electrons. The summed E-state index contributed by atoms with van der Waals surface area (Å²) >= 11 is 0. The van der Waals surface area contributed by atoms with Crippen LogP contribution in [0.4, 0.5) is 10.1 Å². The largest absolute Gasteiger partial charge is 0.477 e. The number of hydrogen-bond acceptors (Lipinski definition) is 4. The van der Waals surface area contributed by atoms with Crippen molar-refractivity contribution in [3.8, 4) is 0 Å². The fourth-order valence-corrected chi connectivity index (χ4v) is 3.47. The molecule has 1 aromatic heterocycles. The van der Waals surface area contributed by atoms with Gasteiger partial charge >= 0.3 is 5.97 Å². The zero-order valence-corrected chi connectivity index (χ0v) is 13.8. The molecule has 7 heteroatoms. The van der Waals surface area contributed by atoms with E-state index in [1.807, 2.05) is 6.92 Å². The van der Waals surface area contributed by atoms with Gasteiger partial charge in [0.2, 0.25) is 5.43 Å². The van der Waals surface area contributed by atoms with Gasteiger partial charge in [0.25, 0.3) is 0 Å². The minimum atomic E-state index is -1.30. The standard InChI is InChI=1S/C18H19FN2O4/c1-2-18(25)8-20(9-18)15-6-14-11(5-13(15)19)16(22)12(17(23)24)7-21(14)10-3-4-10/h5-7,10,25H,2-4,8-9H2,1H3,(H,23,24). The minimum Gasteiger partial charge on any atom is -0.477 e. The highest BCUT2D eigenvalue weighted by atomic mass is 19.1. The van der Waals surface area contributed by atoms with Crippen LogP contribution in [0.2, 0.25) is 0 Å². The molecule has 0 unspecified atom stereocenters. The number of fused-ring (bicyclic) bond motifs is 1. The Morgan fingerprint density at radius 1 is 1.36 bits per heavy atom. The van der Waals surface area contributed by atoms with E-state index in [0.29, 0.717) is 30.7 Å². The van der Waals surface area contributed by atoms with Crippen LogP contribution in [0.25, 0.3) is 10.9 Å². The number of aromatic nitrogens is 1. The van der Waals surface area contributed by atoms with E-state index in [-0.39, 0.29) is 17.0 Å². The number of anilines is 1. The molecule has 132 valence electrons. The van der Waals surface area contributed by atoms with Crippen LogP contribution in [-0.4, -0.2) is 39.4 Å².